The fraction of sp³-hybridized carbons (Fsp3) is 0.200. The highest BCUT2D eigenvalue weighted by atomic mass is 19.4. The second kappa shape index (κ2) is 6.21. The molecule has 0 heterocycles. The summed E-state index contributed by atoms with van der Waals surface area (Å²) in [5, 5.41) is 0. The van der Waals surface area contributed by atoms with E-state index in [1.807, 2.05) is 0 Å². The molecule has 0 amide bonds. The van der Waals surface area contributed by atoms with E-state index in [2.05, 4.69) is 4.74 Å². The molecule has 0 unspecified atom stereocenters. The quantitative estimate of drug-likeness (QED) is 0.722. The standard InChI is InChI=1S/C15H11F5O2/c1-21-10-5-6-12(13(8-10)14(16)17)9-3-2-4-11(7-9)22-15(18,19)20/h2-8,14H,1H3. The third kappa shape index (κ3) is 3.87. The Morgan fingerprint density at radius 2 is 1.68 bits per heavy atom. The average molecular weight is 318 g/mol. The molecule has 0 aliphatic carbocycles. The van der Waals surface area contributed by atoms with Crippen LogP contribution in [-0.2, 0) is 0 Å². The molecule has 2 rings (SSSR count). The summed E-state index contributed by atoms with van der Waals surface area (Å²) in [5.74, 6) is -0.234. The topological polar surface area (TPSA) is 18.5 Å². The number of methoxy groups -OCH3 is 1. The normalized spacial score (nSPS) is 11.6. The second-order valence-corrected chi connectivity index (χ2v) is 4.33. The Hall–Kier alpha value is -2.31. The van der Waals surface area contributed by atoms with Crippen LogP contribution in [0.25, 0.3) is 11.1 Å². The van der Waals surface area contributed by atoms with Gasteiger partial charge in [-0.15, -0.1) is 13.2 Å². The summed E-state index contributed by atoms with van der Waals surface area (Å²) < 4.78 is 71.6. The first kappa shape index (κ1) is 16.1. The van der Waals surface area contributed by atoms with Gasteiger partial charge in [0.2, 0.25) is 0 Å². The van der Waals surface area contributed by atoms with E-state index in [0.29, 0.717) is 0 Å². The maximum Gasteiger partial charge on any atom is 0.573 e. The van der Waals surface area contributed by atoms with Crippen LogP contribution >= 0.6 is 0 Å². The van der Waals surface area contributed by atoms with E-state index < -0.39 is 18.5 Å². The molecule has 22 heavy (non-hydrogen) atoms. The Morgan fingerprint density at radius 3 is 2.27 bits per heavy atom. The van der Waals surface area contributed by atoms with Gasteiger partial charge < -0.3 is 9.47 Å². The molecule has 0 N–H and O–H groups in total. The summed E-state index contributed by atoms with van der Waals surface area (Å²) in [7, 11) is 1.34. The minimum absolute atomic E-state index is 0.114. The van der Waals surface area contributed by atoms with Crippen LogP contribution in [-0.4, -0.2) is 13.5 Å². The van der Waals surface area contributed by atoms with Crippen molar-refractivity contribution >= 4 is 0 Å². The van der Waals surface area contributed by atoms with Gasteiger partial charge in [-0.1, -0.05) is 18.2 Å². The van der Waals surface area contributed by atoms with Gasteiger partial charge in [0.05, 0.1) is 7.11 Å². The minimum Gasteiger partial charge on any atom is -0.497 e. The third-order valence-corrected chi connectivity index (χ3v) is 2.87. The molecule has 0 aromatic heterocycles. The number of rotatable bonds is 4. The summed E-state index contributed by atoms with van der Waals surface area (Å²) in [4.78, 5) is 0. The molecule has 0 aliphatic rings. The van der Waals surface area contributed by atoms with Crippen LogP contribution in [0.2, 0.25) is 0 Å². The van der Waals surface area contributed by atoms with Gasteiger partial charge >= 0.3 is 6.36 Å². The predicted octanol–water partition coefficient (Wildman–Crippen LogP) is 5.20. The number of ether oxygens (including phenoxy) is 2. The van der Waals surface area contributed by atoms with E-state index in [1.54, 1.807) is 0 Å². The van der Waals surface area contributed by atoms with Crippen LogP contribution in [0.4, 0.5) is 22.0 Å². The van der Waals surface area contributed by atoms with Crippen LogP contribution < -0.4 is 9.47 Å². The van der Waals surface area contributed by atoms with Crippen LogP contribution in [0, 0.1) is 0 Å². The molecule has 0 spiro atoms. The third-order valence-electron chi connectivity index (χ3n) is 2.87. The molecule has 2 nitrogen and oxygen atoms in total. The van der Waals surface area contributed by atoms with Gasteiger partial charge in [0.1, 0.15) is 11.5 Å². The summed E-state index contributed by atoms with van der Waals surface area (Å²) >= 11 is 0. The molecule has 2 aromatic carbocycles. The first-order valence-corrected chi connectivity index (χ1v) is 6.12. The van der Waals surface area contributed by atoms with Crippen LogP contribution in [0.15, 0.2) is 42.5 Å². The van der Waals surface area contributed by atoms with Crippen molar-refractivity contribution in [1.29, 1.82) is 0 Å². The fourth-order valence-electron chi connectivity index (χ4n) is 1.97. The van der Waals surface area contributed by atoms with E-state index in [-0.39, 0.29) is 22.4 Å². The van der Waals surface area contributed by atoms with Crippen molar-refractivity contribution in [2.24, 2.45) is 0 Å². The summed E-state index contributed by atoms with van der Waals surface area (Å²) in [6, 6.07) is 8.86. The molecule has 0 aliphatic heterocycles. The Bertz CT molecular complexity index is 653. The number of hydrogen-bond donors (Lipinski definition) is 0. The monoisotopic (exact) mass is 318 g/mol. The Morgan fingerprint density at radius 1 is 0.955 bits per heavy atom. The molecule has 0 fully saturated rings. The van der Waals surface area contributed by atoms with Crippen molar-refractivity contribution in [3.05, 3.63) is 48.0 Å². The average Bonchev–Trinajstić information content (AvgIpc) is 2.45. The van der Waals surface area contributed by atoms with Gasteiger partial charge in [0.15, 0.2) is 0 Å². The van der Waals surface area contributed by atoms with E-state index in [1.165, 1.54) is 31.4 Å². The minimum atomic E-state index is -4.84. The number of halogens is 5. The van der Waals surface area contributed by atoms with E-state index >= 15 is 0 Å². The highest BCUT2D eigenvalue weighted by molar-refractivity contribution is 5.70. The maximum absolute atomic E-state index is 13.1. The highest BCUT2D eigenvalue weighted by Crippen LogP contribution is 2.35. The number of hydrogen-bond acceptors (Lipinski definition) is 2. The maximum atomic E-state index is 13.1. The second-order valence-electron chi connectivity index (χ2n) is 4.33. The van der Waals surface area contributed by atoms with Gasteiger partial charge in [-0.25, -0.2) is 8.78 Å². The molecule has 7 heteroatoms. The van der Waals surface area contributed by atoms with Crippen LogP contribution in [0.3, 0.4) is 0 Å². The SMILES string of the molecule is COc1ccc(-c2cccc(OC(F)(F)F)c2)c(C(F)F)c1. The van der Waals surface area contributed by atoms with E-state index in [4.69, 9.17) is 4.74 Å². The molecular weight excluding hydrogens is 307 g/mol. The first-order valence-electron chi connectivity index (χ1n) is 6.12. The lowest BCUT2D eigenvalue weighted by Crippen LogP contribution is -2.17. The Labute approximate surface area is 123 Å². The molecule has 0 saturated carbocycles. The molecule has 0 bridgehead atoms. The van der Waals surface area contributed by atoms with Gasteiger partial charge in [-0.05, 0) is 35.4 Å². The Balaban J connectivity index is 2.45. The van der Waals surface area contributed by atoms with Crippen LogP contribution in [0.5, 0.6) is 11.5 Å². The zero-order chi connectivity index (χ0) is 16.3. The lowest BCUT2D eigenvalue weighted by molar-refractivity contribution is -0.274. The van der Waals surface area contributed by atoms with Gasteiger partial charge in [0.25, 0.3) is 6.43 Å². The van der Waals surface area contributed by atoms with Gasteiger partial charge in [-0.2, -0.15) is 0 Å². The summed E-state index contributed by atoms with van der Waals surface area (Å²) in [6.07, 6.45) is -7.64. The van der Waals surface area contributed by atoms with Crippen molar-refractivity contribution in [2.75, 3.05) is 7.11 Å². The predicted molar refractivity (Wildman–Crippen MR) is 70.1 cm³/mol. The highest BCUT2D eigenvalue weighted by Gasteiger charge is 2.31. The van der Waals surface area contributed by atoms with Crippen LogP contribution in [0.1, 0.15) is 12.0 Å². The fourth-order valence-corrected chi connectivity index (χ4v) is 1.97. The zero-order valence-corrected chi connectivity index (χ0v) is 11.3. The number of benzene rings is 2. The molecule has 0 atom stereocenters. The van der Waals surface area contributed by atoms with Gasteiger partial charge in [0, 0.05) is 5.56 Å². The molecular formula is C15H11F5O2. The van der Waals surface area contributed by atoms with Crippen molar-refractivity contribution < 1.29 is 31.4 Å². The molecule has 0 radical (unpaired) electrons. The largest absolute Gasteiger partial charge is 0.573 e. The number of alkyl halides is 5. The lowest BCUT2D eigenvalue weighted by Gasteiger charge is -2.13. The molecule has 0 saturated heterocycles. The Kier molecular flexibility index (Phi) is 4.54. The van der Waals surface area contributed by atoms with E-state index in [0.717, 1.165) is 18.2 Å². The van der Waals surface area contributed by atoms with Crippen molar-refractivity contribution in [1.82, 2.24) is 0 Å². The van der Waals surface area contributed by atoms with E-state index in [9.17, 15) is 22.0 Å². The first-order chi connectivity index (χ1) is 10.3. The van der Waals surface area contributed by atoms with Gasteiger partial charge in [-0.3, -0.25) is 0 Å². The lowest BCUT2D eigenvalue weighted by atomic mass is 9.99. The molecule has 118 valence electrons. The molecule has 2 aromatic rings. The van der Waals surface area contributed by atoms with Crippen molar-refractivity contribution in [2.45, 2.75) is 12.8 Å². The summed E-state index contributed by atoms with van der Waals surface area (Å²) in [6.45, 7) is 0. The smallest absolute Gasteiger partial charge is 0.497 e. The van der Waals surface area contributed by atoms with Crippen molar-refractivity contribution in [3.63, 3.8) is 0 Å². The zero-order valence-electron chi connectivity index (χ0n) is 11.3. The van der Waals surface area contributed by atoms with Crippen molar-refractivity contribution in [3.8, 4) is 22.6 Å². The summed E-state index contributed by atoms with van der Waals surface area (Å²) in [5.41, 5.74) is -0.0216.